The molecule has 2 aromatic carbocycles. The zero-order chi connectivity index (χ0) is 52.8. The number of halogens is 2. The van der Waals surface area contributed by atoms with Crippen molar-refractivity contribution >= 4 is 95.3 Å². The highest BCUT2D eigenvalue weighted by molar-refractivity contribution is 6.76. The van der Waals surface area contributed by atoms with Gasteiger partial charge in [-0.2, -0.15) is 10.2 Å². The van der Waals surface area contributed by atoms with Gasteiger partial charge in [0.1, 0.15) is 47.3 Å². The van der Waals surface area contributed by atoms with Gasteiger partial charge in [0.2, 0.25) is 0 Å². The van der Waals surface area contributed by atoms with Gasteiger partial charge in [-0.25, -0.2) is 19.9 Å². The van der Waals surface area contributed by atoms with Gasteiger partial charge in [-0.15, -0.1) is 0 Å². The number of aromatic nitrogens is 10. The molecule has 0 bridgehead atoms. The number of hydrogen-bond acceptors (Lipinski definition) is 12. The maximum Gasteiger partial charge on any atom is 0.255 e. The molecular formula is C51H68Cl2N12O6Si2. The van der Waals surface area contributed by atoms with Crippen molar-refractivity contribution in [1.29, 1.82) is 0 Å². The minimum absolute atomic E-state index is 0.107. The normalized spacial score (nSPS) is 13.0. The minimum Gasteiger partial charge on any atom is -0.394 e. The van der Waals surface area contributed by atoms with Crippen molar-refractivity contribution in [3.05, 3.63) is 82.4 Å². The van der Waals surface area contributed by atoms with Crippen molar-refractivity contribution < 1.29 is 28.9 Å². The van der Waals surface area contributed by atoms with Gasteiger partial charge >= 0.3 is 0 Å². The number of aliphatic hydroxyl groups is 1. The van der Waals surface area contributed by atoms with Crippen LogP contribution >= 0.6 is 23.2 Å². The van der Waals surface area contributed by atoms with Crippen LogP contribution in [0.2, 0.25) is 61.4 Å². The molecule has 6 heterocycles. The number of carbonyl (C=O) groups excluding carboxylic acids is 2. The number of methoxy groups -OCH3 is 1. The number of carbonyl (C=O) groups is 2. The molecule has 0 unspecified atom stereocenters. The van der Waals surface area contributed by atoms with Crippen LogP contribution in [-0.4, -0.2) is 127 Å². The molecule has 390 valence electrons. The van der Waals surface area contributed by atoms with Gasteiger partial charge in [-0.1, -0.05) is 76.3 Å². The molecular weight excluding hydrogens is 1000 g/mol. The van der Waals surface area contributed by atoms with Crippen molar-refractivity contribution in [2.75, 3.05) is 33.5 Å². The summed E-state index contributed by atoms with van der Waals surface area (Å²) in [5, 5.41) is 27.9. The van der Waals surface area contributed by atoms with Crippen LogP contribution in [0.4, 0.5) is 0 Å². The van der Waals surface area contributed by atoms with E-state index in [9.17, 15) is 14.7 Å². The molecule has 0 aliphatic rings. The molecule has 0 saturated carbocycles. The Hall–Kier alpha value is -5.59. The zero-order valence-electron chi connectivity index (χ0n) is 43.7. The molecule has 18 nitrogen and oxygen atoms in total. The molecule has 2 atom stereocenters. The lowest BCUT2D eigenvalue weighted by atomic mass is 10.1. The third-order valence-electron chi connectivity index (χ3n) is 12.4. The standard InChI is InChI=1S/C26H35ClN6O3Si.C25H33ClN6O3Si/c1-7-18(15-35-3)29-26(34)20-14-33(16-36-10-11-37(4,5)6)25-24(20)30-21(13-28-25)23-19-9-8-17(27)12-22(19)32(2)31-23;1-6-17(14-33)28-25(34)19-13-32(15-35-9-10-36(3,4)5)24-23(19)29-20(12-27-24)22-18-8-7-16(26)11-21(18)31(2)30-22/h8-9,12-14,18H,7,10-11,15-16H2,1-6H3,(H,29,34);7-8,11-13,17,33H,6,9-10,14-15H2,1-5H3,(H,28,34)/t18-;17-/m11/s1. The van der Waals surface area contributed by atoms with E-state index in [2.05, 4.69) is 65.1 Å². The largest absolute Gasteiger partial charge is 0.394 e. The van der Waals surface area contributed by atoms with Crippen LogP contribution < -0.4 is 10.6 Å². The first-order valence-electron chi connectivity index (χ1n) is 24.6. The molecule has 0 radical (unpaired) electrons. The maximum atomic E-state index is 13.4. The molecule has 2 amide bonds. The molecule has 0 saturated heterocycles. The molecule has 8 aromatic rings. The van der Waals surface area contributed by atoms with Crippen LogP contribution in [0, 0.1) is 0 Å². The third-order valence-corrected chi connectivity index (χ3v) is 16.3. The number of fused-ring (bicyclic) bond motifs is 4. The van der Waals surface area contributed by atoms with Crippen LogP contribution in [0.5, 0.6) is 0 Å². The number of aryl methyl sites for hydroxylation is 2. The van der Waals surface area contributed by atoms with Gasteiger partial charge in [0.15, 0.2) is 11.3 Å². The number of nitrogens with one attached hydrogen (secondary N) is 2. The Morgan fingerprint density at radius 2 is 1.11 bits per heavy atom. The summed E-state index contributed by atoms with van der Waals surface area (Å²) in [6, 6.07) is 12.8. The summed E-state index contributed by atoms with van der Waals surface area (Å²) in [6.07, 6.45) is 8.21. The van der Waals surface area contributed by atoms with E-state index in [0.29, 0.717) is 99.2 Å². The highest BCUT2D eigenvalue weighted by atomic mass is 35.5. The van der Waals surface area contributed by atoms with Gasteiger partial charge in [0, 0.05) is 83.8 Å². The summed E-state index contributed by atoms with van der Waals surface area (Å²) in [4.78, 5) is 45.6. The summed E-state index contributed by atoms with van der Waals surface area (Å²) in [6.45, 7) is 19.9. The maximum absolute atomic E-state index is 13.4. The lowest BCUT2D eigenvalue weighted by Crippen LogP contribution is -2.37. The van der Waals surface area contributed by atoms with Gasteiger partial charge < -0.3 is 39.1 Å². The first-order valence-corrected chi connectivity index (χ1v) is 32.7. The second-order valence-electron chi connectivity index (χ2n) is 20.6. The van der Waals surface area contributed by atoms with E-state index in [1.807, 2.05) is 68.9 Å². The Balaban J connectivity index is 0.000000214. The number of benzene rings is 2. The number of aliphatic hydroxyl groups excluding tert-OH is 1. The Kier molecular flexibility index (Phi) is 17.9. The van der Waals surface area contributed by atoms with Gasteiger partial charge in [-0.05, 0) is 61.3 Å². The number of ether oxygens (including phenoxy) is 3. The lowest BCUT2D eigenvalue weighted by Gasteiger charge is -2.15. The molecule has 73 heavy (non-hydrogen) atoms. The van der Waals surface area contributed by atoms with E-state index in [1.165, 1.54) is 0 Å². The summed E-state index contributed by atoms with van der Waals surface area (Å²) in [7, 11) is 2.90. The summed E-state index contributed by atoms with van der Waals surface area (Å²) >= 11 is 12.4. The Bertz CT molecular complexity index is 3230. The topological polar surface area (TPSA) is 203 Å². The van der Waals surface area contributed by atoms with Gasteiger partial charge in [0.25, 0.3) is 11.8 Å². The van der Waals surface area contributed by atoms with E-state index < -0.39 is 16.1 Å². The molecule has 0 aliphatic heterocycles. The molecule has 22 heteroatoms. The van der Waals surface area contributed by atoms with Gasteiger partial charge in [0.05, 0.1) is 59.9 Å². The van der Waals surface area contributed by atoms with Gasteiger partial charge in [-0.3, -0.25) is 19.0 Å². The Morgan fingerprint density at radius 3 is 1.49 bits per heavy atom. The van der Waals surface area contributed by atoms with E-state index in [0.717, 1.165) is 40.3 Å². The fourth-order valence-electron chi connectivity index (χ4n) is 8.05. The second-order valence-corrected chi connectivity index (χ2v) is 32.8. The van der Waals surface area contributed by atoms with E-state index >= 15 is 0 Å². The zero-order valence-corrected chi connectivity index (χ0v) is 47.2. The van der Waals surface area contributed by atoms with Crippen molar-refractivity contribution in [2.45, 2.75) is 104 Å². The van der Waals surface area contributed by atoms with Crippen LogP contribution in [0.15, 0.2) is 61.2 Å². The minimum atomic E-state index is -1.22. The van der Waals surface area contributed by atoms with Crippen molar-refractivity contribution in [1.82, 2.24) is 59.3 Å². The smallest absolute Gasteiger partial charge is 0.255 e. The fourth-order valence-corrected chi connectivity index (χ4v) is 9.89. The molecule has 8 rings (SSSR count). The number of rotatable bonds is 21. The van der Waals surface area contributed by atoms with Crippen molar-refractivity contribution in [3.63, 3.8) is 0 Å². The predicted octanol–water partition coefficient (Wildman–Crippen LogP) is 9.56. The van der Waals surface area contributed by atoms with Crippen LogP contribution in [0.1, 0.15) is 47.4 Å². The molecule has 3 N–H and O–H groups in total. The van der Waals surface area contributed by atoms with Crippen LogP contribution in [0.3, 0.4) is 0 Å². The molecule has 0 fully saturated rings. The number of amides is 2. The first-order chi connectivity index (χ1) is 34.7. The summed E-state index contributed by atoms with van der Waals surface area (Å²) in [5.74, 6) is -0.537. The second kappa shape index (κ2) is 23.7. The van der Waals surface area contributed by atoms with E-state index in [1.54, 1.807) is 45.8 Å². The predicted molar refractivity (Wildman–Crippen MR) is 295 cm³/mol. The van der Waals surface area contributed by atoms with E-state index in [4.69, 9.17) is 52.4 Å². The summed E-state index contributed by atoms with van der Waals surface area (Å²) in [5.41, 5.74) is 7.16. The molecule has 0 spiro atoms. The van der Waals surface area contributed by atoms with Crippen molar-refractivity contribution in [3.8, 4) is 22.8 Å². The Morgan fingerprint density at radius 1 is 0.685 bits per heavy atom. The quantitative estimate of drug-likeness (QED) is 0.0455. The first kappa shape index (κ1) is 55.2. The third kappa shape index (κ3) is 13.4. The average Bonchev–Trinajstić information content (AvgIpc) is 4.10. The highest BCUT2D eigenvalue weighted by Gasteiger charge is 2.25. The summed E-state index contributed by atoms with van der Waals surface area (Å²) < 4.78 is 24.3. The van der Waals surface area contributed by atoms with E-state index in [-0.39, 0.29) is 37.2 Å². The van der Waals surface area contributed by atoms with Crippen molar-refractivity contribution in [2.24, 2.45) is 14.1 Å². The fraction of sp³-hybridized carbons (Fsp3) is 0.451. The molecule has 6 aromatic heterocycles. The lowest BCUT2D eigenvalue weighted by molar-refractivity contribution is 0.0872. The van der Waals surface area contributed by atoms with Crippen LogP contribution in [0.25, 0.3) is 66.9 Å². The van der Waals surface area contributed by atoms with Crippen LogP contribution in [-0.2, 0) is 41.8 Å². The number of hydrogen-bond donors (Lipinski definition) is 3. The highest BCUT2D eigenvalue weighted by Crippen LogP contribution is 2.32. The monoisotopic (exact) mass is 1070 g/mol. The average molecular weight is 1070 g/mol. The molecule has 0 aliphatic carbocycles. The number of nitrogens with zero attached hydrogens (tertiary/aromatic N) is 10. The Labute approximate surface area is 437 Å². The SMILES string of the molecule is CC[C@H](CO)NC(=O)c1cn(COCC[Si](C)(C)C)c2ncc(-c3nn(C)c4cc(Cl)ccc34)nc12.CC[C@H](COC)NC(=O)c1cn(COCC[Si](C)(C)C)c2ncc(-c3nn(C)c4cc(Cl)ccc34)nc12.